The first-order valence-corrected chi connectivity index (χ1v) is 12.0. The van der Waals surface area contributed by atoms with E-state index in [1.54, 1.807) is 6.08 Å². The highest BCUT2D eigenvalue weighted by molar-refractivity contribution is 5.92. The van der Waals surface area contributed by atoms with Gasteiger partial charge in [-0.2, -0.15) is 0 Å². The Morgan fingerprint density at radius 1 is 1.21 bits per heavy atom. The zero-order valence-electron chi connectivity index (χ0n) is 20.9. The van der Waals surface area contributed by atoms with Gasteiger partial charge in [0.15, 0.2) is 24.3 Å². The summed E-state index contributed by atoms with van der Waals surface area (Å²) in [7, 11) is 0. The van der Waals surface area contributed by atoms with Crippen molar-refractivity contribution < 1.29 is 43.5 Å². The van der Waals surface area contributed by atoms with E-state index in [1.807, 2.05) is 26.8 Å². The first kappa shape index (κ1) is 26.8. The van der Waals surface area contributed by atoms with Crippen molar-refractivity contribution in [2.75, 3.05) is 6.61 Å². The molecule has 9 heteroatoms. The molecule has 34 heavy (non-hydrogen) atoms. The van der Waals surface area contributed by atoms with E-state index < -0.39 is 54.9 Å². The molecule has 9 nitrogen and oxygen atoms in total. The Bertz CT molecular complexity index is 821. The number of hydrogen-bond donors (Lipinski definition) is 2. The van der Waals surface area contributed by atoms with E-state index in [2.05, 4.69) is 6.92 Å². The summed E-state index contributed by atoms with van der Waals surface area (Å²) in [6.07, 6.45) is 0.124. The Kier molecular flexibility index (Phi) is 7.92. The molecule has 9 atom stereocenters. The second-order valence-corrected chi connectivity index (χ2v) is 10.7. The second-order valence-electron chi connectivity index (χ2n) is 10.7. The fourth-order valence-electron chi connectivity index (χ4n) is 5.78. The van der Waals surface area contributed by atoms with Gasteiger partial charge < -0.3 is 29.2 Å². The zero-order chi connectivity index (χ0) is 25.4. The molecular formula is C25H38O9. The maximum Gasteiger partial charge on any atom is 0.303 e. The molecular weight excluding hydrogens is 444 g/mol. The maximum absolute atomic E-state index is 12.4. The topological polar surface area (TPSA) is 129 Å². The molecule has 0 radical (unpaired) electrons. The van der Waals surface area contributed by atoms with Crippen LogP contribution in [0.15, 0.2) is 12.2 Å². The average molecular weight is 483 g/mol. The van der Waals surface area contributed by atoms with Gasteiger partial charge in [0.1, 0.15) is 12.2 Å². The summed E-state index contributed by atoms with van der Waals surface area (Å²) in [5.41, 5.74) is -0.814. The smallest absolute Gasteiger partial charge is 0.303 e. The van der Waals surface area contributed by atoms with Crippen LogP contribution in [-0.4, -0.2) is 70.8 Å². The highest BCUT2D eigenvalue weighted by Gasteiger charge is 2.53. The predicted molar refractivity (Wildman–Crippen MR) is 120 cm³/mol. The lowest BCUT2D eigenvalue weighted by molar-refractivity contribution is -0.332. The summed E-state index contributed by atoms with van der Waals surface area (Å²) in [6.45, 7) is 9.85. The van der Waals surface area contributed by atoms with Crippen LogP contribution >= 0.6 is 0 Å². The molecule has 1 saturated carbocycles. The number of esters is 2. The molecule has 2 aliphatic carbocycles. The molecule has 192 valence electrons. The van der Waals surface area contributed by atoms with Crippen LogP contribution in [-0.2, 0) is 33.3 Å². The molecule has 3 rings (SSSR count). The van der Waals surface area contributed by atoms with E-state index >= 15 is 0 Å². The Labute approximate surface area is 200 Å². The first-order valence-electron chi connectivity index (χ1n) is 12.0. The van der Waals surface area contributed by atoms with E-state index in [0.29, 0.717) is 0 Å². The summed E-state index contributed by atoms with van der Waals surface area (Å²) < 4.78 is 22.8. The van der Waals surface area contributed by atoms with Crippen LogP contribution < -0.4 is 0 Å². The van der Waals surface area contributed by atoms with E-state index in [1.165, 1.54) is 13.8 Å². The lowest BCUT2D eigenvalue weighted by Gasteiger charge is -2.52. The van der Waals surface area contributed by atoms with Gasteiger partial charge in [-0.1, -0.05) is 19.9 Å². The number of aliphatic hydroxyl groups is 2. The minimum absolute atomic E-state index is 0.0476. The van der Waals surface area contributed by atoms with E-state index in [0.717, 1.165) is 19.3 Å². The molecule has 0 bridgehead atoms. The number of ketones is 1. The number of carbonyl (C=O) groups excluding carboxylic acids is 3. The van der Waals surface area contributed by atoms with Crippen molar-refractivity contribution in [2.45, 2.75) is 97.1 Å². The Hall–Kier alpha value is -1.81. The Morgan fingerprint density at radius 2 is 1.82 bits per heavy atom. The molecule has 0 amide bonds. The zero-order valence-corrected chi connectivity index (χ0v) is 20.9. The predicted octanol–water partition coefficient (Wildman–Crippen LogP) is 1.92. The van der Waals surface area contributed by atoms with E-state index in [-0.39, 0.29) is 29.0 Å². The van der Waals surface area contributed by atoms with E-state index in [9.17, 15) is 24.6 Å². The fraction of sp³-hybridized carbons (Fsp3) is 0.800. The largest absolute Gasteiger partial charge is 0.455 e. The molecule has 1 aliphatic heterocycles. The van der Waals surface area contributed by atoms with Gasteiger partial charge in [0.25, 0.3) is 0 Å². The highest BCUT2D eigenvalue weighted by atomic mass is 16.7. The van der Waals surface area contributed by atoms with Crippen molar-refractivity contribution >= 4 is 17.7 Å². The third kappa shape index (κ3) is 5.37. The van der Waals surface area contributed by atoms with Gasteiger partial charge in [-0.15, -0.1) is 0 Å². The SMILES string of the molecule is CC(=O)O[C@@H]1[C@@H](O)[C@H](CO)O[C@@H](OC(C)(C)[C@@H]2CC[C@@]3(C)C=CC(=O)[C@@H](C)[C@@H]3C2)[C@@H]1OC(C)=O. The van der Waals surface area contributed by atoms with E-state index in [4.69, 9.17) is 18.9 Å². The lowest BCUT2D eigenvalue weighted by atomic mass is 9.56. The summed E-state index contributed by atoms with van der Waals surface area (Å²) in [5.74, 6) is -1.04. The van der Waals surface area contributed by atoms with Crippen molar-refractivity contribution in [3.8, 4) is 0 Å². The standard InChI is InChI=1S/C25H38O9/c1-13-17-11-16(7-9-25(17,6)10-8-18(13)29)24(4,5)34-23-22(32-15(3)28)21(31-14(2)27)20(30)19(12-26)33-23/h8,10,13,16-17,19-23,26,30H,7,9,11-12H2,1-6H3/t13-,16+,17-,19-,20-,21+,22+,23-,25-/m0/s1. The molecule has 0 aromatic heterocycles. The number of aliphatic hydroxyl groups excluding tert-OH is 2. The van der Waals surface area contributed by atoms with Gasteiger partial charge in [-0.05, 0) is 56.4 Å². The van der Waals surface area contributed by atoms with Crippen LogP contribution in [0.1, 0.15) is 60.8 Å². The fourth-order valence-corrected chi connectivity index (χ4v) is 5.78. The molecule has 1 heterocycles. The van der Waals surface area contributed by atoms with Crippen molar-refractivity contribution in [1.82, 2.24) is 0 Å². The van der Waals surface area contributed by atoms with Gasteiger partial charge in [-0.25, -0.2) is 0 Å². The van der Waals surface area contributed by atoms with Crippen LogP contribution in [0.4, 0.5) is 0 Å². The molecule has 0 aromatic rings. The molecule has 2 fully saturated rings. The normalized spacial score (nSPS) is 40.4. The van der Waals surface area contributed by atoms with Gasteiger partial charge in [-0.3, -0.25) is 14.4 Å². The van der Waals surface area contributed by atoms with Gasteiger partial charge in [0.2, 0.25) is 0 Å². The number of allylic oxidation sites excluding steroid dienone is 2. The first-order chi connectivity index (χ1) is 15.8. The van der Waals surface area contributed by atoms with Crippen molar-refractivity contribution in [3.05, 3.63) is 12.2 Å². The van der Waals surface area contributed by atoms with Gasteiger partial charge in [0.05, 0.1) is 12.2 Å². The summed E-state index contributed by atoms with van der Waals surface area (Å²) >= 11 is 0. The van der Waals surface area contributed by atoms with Crippen LogP contribution in [0.2, 0.25) is 0 Å². The molecule has 3 aliphatic rings. The second kappa shape index (κ2) is 10.0. The number of hydrogen-bond acceptors (Lipinski definition) is 9. The van der Waals surface area contributed by atoms with Gasteiger partial charge >= 0.3 is 11.9 Å². The Balaban J connectivity index is 1.84. The van der Waals surface area contributed by atoms with Crippen LogP contribution in [0.25, 0.3) is 0 Å². The number of carbonyl (C=O) groups is 3. The van der Waals surface area contributed by atoms with Crippen LogP contribution in [0.5, 0.6) is 0 Å². The third-order valence-electron chi connectivity index (χ3n) is 7.90. The minimum Gasteiger partial charge on any atom is -0.455 e. The van der Waals surface area contributed by atoms with Crippen LogP contribution in [0.3, 0.4) is 0 Å². The summed E-state index contributed by atoms with van der Waals surface area (Å²) in [4.78, 5) is 35.9. The van der Waals surface area contributed by atoms with Crippen molar-refractivity contribution in [1.29, 1.82) is 0 Å². The highest BCUT2D eigenvalue weighted by Crippen LogP contribution is 2.53. The summed E-state index contributed by atoms with van der Waals surface area (Å²) in [5, 5.41) is 20.3. The third-order valence-corrected chi connectivity index (χ3v) is 7.90. The minimum atomic E-state index is -1.41. The number of fused-ring (bicyclic) bond motifs is 1. The van der Waals surface area contributed by atoms with Crippen LogP contribution in [0, 0.1) is 23.2 Å². The molecule has 0 spiro atoms. The number of rotatable bonds is 6. The monoisotopic (exact) mass is 482 g/mol. The average Bonchev–Trinajstić information content (AvgIpc) is 2.74. The lowest BCUT2D eigenvalue weighted by Crippen LogP contribution is -2.63. The van der Waals surface area contributed by atoms with Gasteiger partial charge in [0, 0.05) is 19.8 Å². The molecule has 0 unspecified atom stereocenters. The van der Waals surface area contributed by atoms with Crippen molar-refractivity contribution in [3.63, 3.8) is 0 Å². The molecule has 0 aromatic carbocycles. The molecule has 1 saturated heterocycles. The number of ether oxygens (including phenoxy) is 4. The van der Waals surface area contributed by atoms with Crippen molar-refractivity contribution in [2.24, 2.45) is 23.2 Å². The Morgan fingerprint density at radius 3 is 2.41 bits per heavy atom. The quantitative estimate of drug-likeness (QED) is 0.546. The summed E-state index contributed by atoms with van der Waals surface area (Å²) in [6, 6.07) is 0. The molecule has 2 N–H and O–H groups in total. The maximum atomic E-state index is 12.4.